The molecule has 5 nitrogen and oxygen atoms in total. The van der Waals surface area contributed by atoms with Crippen molar-refractivity contribution in [3.63, 3.8) is 0 Å². The molecule has 2 aromatic heterocycles. The van der Waals surface area contributed by atoms with Gasteiger partial charge in [0.05, 0.1) is 32.4 Å². The number of hydrogen-bond donors (Lipinski definition) is 1. The van der Waals surface area contributed by atoms with E-state index in [1.807, 2.05) is 36.0 Å². The lowest BCUT2D eigenvalue weighted by Gasteiger charge is -2.18. The van der Waals surface area contributed by atoms with Crippen molar-refractivity contribution in [2.75, 3.05) is 19.5 Å². The number of carbonyl (C=O) groups is 1. The molecule has 0 saturated carbocycles. The fraction of sp³-hybridized carbons (Fsp3) is 0.211. The summed E-state index contributed by atoms with van der Waals surface area (Å²) in [5.74, 6) is 1.18. The summed E-state index contributed by atoms with van der Waals surface area (Å²) in [7, 11) is 3.16. The summed E-state index contributed by atoms with van der Waals surface area (Å²) >= 11 is 1.65. The monoisotopic (exact) mass is 356 g/mol. The van der Waals surface area contributed by atoms with Crippen LogP contribution in [0.4, 0.5) is 5.69 Å². The minimum atomic E-state index is -0.0735. The van der Waals surface area contributed by atoms with E-state index in [4.69, 9.17) is 9.47 Å². The fourth-order valence-corrected chi connectivity index (χ4v) is 3.50. The Morgan fingerprint density at radius 3 is 2.60 bits per heavy atom. The van der Waals surface area contributed by atoms with Crippen molar-refractivity contribution in [2.45, 2.75) is 12.5 Å². The quantitative estimate of drug-likeness (QED) is 0.691. The van der Waals surface area contributed by atoms with Crippen LogP contribution < -0.4 is 14.8 Å². The molecule has 0 spiro atoms. The van der Waals surface area contributed by atoms with E-state index in [-0.39, 0.29) is 11.9 Å². The van der Waals surface area contributed by atoms with Crippen LogP contribution in [-0.2, 0) is 4.79 Å². The van der Waals surface area contributed by atoms with Gasteiger partial charge in [-0.2, -0.15) is 0 Å². The topological polar surface area (TPSA) is 52.5 Å². The molecular formula is C19H20N2O3S. The van der Waals surface area contributed by atoms with E-state index in [2.05, 4.69) is 16.0 Å². The molecule has 2 heterocycles. The van der Waals surface area contributed by atoms with Crippen molar-refractivity contribution in [2.24, 2.45) is 0 Å². The van der Waals surface area contributed by atoms with Gasteiger partial charge in [0.15, 0.2) is 0 Å². The molecule has 0 fully saturated rings. The Morgan fingerprint density at radius 1 is 1.16 bits per heavy atom. The highest BCUT2D eigenvalue weighted by Crippen LogP contribution is 2.31. The molecule has 6 heteroatoms. The zero-order valence-corrected chi connectivity index (χ0v) is 15.0. The van der Waals surface area contributed by atoms with Crippen molar-refractivity contribution in [3.8, 4) is 11.5 Å². The highest BCUT2D eigenvalue weighted by atomic mass is 32.1. The molecule has 0 aliphatic heterocycles. The van der Waals surface area contributed by atoms with E-state index >= 15 is 0 Å². The first-order valence-electron chi connectivity index (χ1n) is 7.89. The summed E-state index contributed by atoms with van der Waals surface area (Å²) in [6, 6.07) is 13.3. The molecule has 0 unspecified atom stereocenters. The molecule has 25 heavy (non-hydrogen) atoms. The number of nitrogens with one attached hydrogen (secondary N) is 1. The second-order valence-corrected chi connectivity index (χ2v) is 6.46. The molecule has 0 aliphatic rings. The first-order valence-corrected chi connectivity index (χ1v) is 8.77. The highest BCUT2D eigenvalue weighted by molar-refractivity contribution is 7.10. The van der Waals surface area contributed by atoms with Gasteiger partial charge in [-0.15, -0.1) is 11.3 Å². The predicted octanol–water partition coefficient (Wildman–Crippen LogP) is 4.19. The first-order chi connectivity index (χ1) is 12.2. The van der Waals surface area contributed by atoms with Crippen LogP contribution in [0, 0.1) is 0 Å². The van der Waals surface area contributed by atoms with E-state index in [1.165, 1.54) is 0 Å². The number of ether oxygens (including phenoxy) is 2. The van der Waals surface area contributed by atoms with E-state index in [9.17, 15) is 4.79 Å². The van der Waals surface area contributed by atoms with Crippen molar-refractivity contribution >= 4 is 22.9 Å². The second-order valence-electron chi connectivity index (χ2n) is 5.48. The number of anilines is 1. The lowest BCUT2D eigenvalue weighted by molar-refractivity contribution is -0.116. The number of amides is 1. The van der Waals surface area contributed by atoms with Crippen LogP contribution in [0.2, 0.25) is 0 Å². The van der Waals surface area contributed by atoms with E-state index < -0.39 is 0 Å². The largest absolute Gasteiger partial charge is 0.497 e. The molecule has 0 aliphatic carbocycles. The van der Waals surface area contributed by atoms with Gasteiger partial charge < -0.3 is 19.4 Å². The third-order valence-corrected chi connectivity index (χ3v) is 4.89. The van der Waals surface area contributed by atoms with Crippen LogP contribution in [0.25, 0.3) is 0 Å². The lowest BCUT2D eigenvalue weighted by Crippen LogP contribution is -2.19. The number of hydrogen-bond acceptors (Lipinski definition) is 4. The Kier molecular flexibility index (Phi) is 5.40. The molecule has 1 amide bonds. The Hall–Kier alpha value is -2.73. The van der Waals surface area contributed by atoms with E-state index in [1.54, 1.807) is 43.8 Å². The number of benzene rings is 1. The average Bonchev–Trinajstić information content (AvgIpc) is 3.34. The number of nitrogens with zero attached hydrogens (tertiary/aromatic N) is 1. The predicted molar refractivity (Wildman–Crippen MR) is 99.7 cm³/mol. The molecule has 3 rings (SSSR count). The van der Waals surface area contributed by atoms with Crippen LogP contribution >= 0.6 is 11.3 Å². The van der Waals surface area contributed by atoms with Crippen molar-refractivity contribution in [3.05, 3.63) is 65.1 Å². The van der Waals surface area contributed by atoms with E-state index in [0.29, 0.717) is 23.6 Å². The number of rotatable bonds is 7. The van der Waals surface area contributed by atoms with Crippen molar-refractivity contribution in [1.82, 2.24) is 4.57 Å². The number of methoxy groups -OCH3 is 2. The summed E-state index contributed by atoms with van der Waals surface area (Å²) in [5, 5.41) is 4.96. The molecule has 0 bridgehead atoms. The van der Waals surface area contributed by atoms with Gasteiger partial charge >= 0.3 is 0 Å². The van der Waals surface area contributed by atoms with Gasteiger partial charge in [0.2, 0.25) is 5.91 Å². The van der Waals surface area contributed by atoms with Crippen LogP contribution in [-0.4, -0.2) is 24.7 Å². The van der Waals surface area contributed by atoms with Crippen LogP contribution in [0.3, 0.4) is 0 Å². The summed E-state index contributed by atoms with van der Waals surface area (Å²) in [6.45, 7) is 0. The third-order valence-electron chi connectivity index (χ3n) is 3.92. The van der Waals surface area contributed by atoms with Crippen molar-refractivity contribution in [1.29, 1.82) is 0 Å². The molecule has 1 atom stereocenters. The number of thiophene rings is 1. The van der Waals surface area contributed by atoms with Crippen LogP contribution in [0.5, 0.6) is 11.5 Å². The smallest absolute Gasteiger partial charge is 0.226 e. The Bertz CT molecular complexity index is 779. The Labute approximate surface area is 150 Å². The third kappa shape index (κ3) is 4.03. The number of carbonyl (C=O) groups excluding carboxylic acids is 1. The van der Waals surface area contributed by atoms with Gasteiger partial charge in [-0.25, -0.2) is 0 Å². The summed E-state index contributed by atoms with van der Waals surface area (Å²) in [4.78, 5) is 13.8. The summed E-state index contributed by atoms with van der Waals surface area (Å²) in [5.41, 5.74) is 0.630. The van der Waals surface area contributed by atoms with Crippen molar-refractivity contribution < 1.29 is 14.3 Å². The molecule has 130 valence electrons. The minimum absolute atomic E-state index is 0.0285. The molecule has 3 aromatic rings. The SMILES string of the molecule is COc1ccc(NC(=O)C[C@@H](c2cccs2)n2cccc2)c(OC)c1. The Balaban J connectivity index is 1.77. The Morgan fingerprint density at radius 2 is 1.96 bits per heavy atom. The lowest BCUT2D eigenvalue weighted by atomic mass is 10.1. The maximum absolute atomic E-state index is 12.6. The van der Waals surface area contributed by atoms with Gasteiger partial charge in [-0.05, 0) is 35.7 Å². The van der Waals surface area contributed by atoms with Crippen LogP contribution in [0.1, 0.15) is 17.3 Å². The zero-order chi connectivity index (χ0) is 17.6. The maximum Gasteiger partial charge on any atom is 0.226 e. The molecule has 0 radical (unpaired) electrons. The molecule has 1 aromatic carbocycles. The number of aromatic nitrogens is 1. The van der Waals surface area contributed by atoms with Gasteiger partial charge in [0.25, 0.3) is 0 Å². The normalized spacial score (nSPS) is 11.8. The van der Waals surface area contributed by atoms with Gasteiger partial charge in [0.1, 0.15) is 11.5 Å². The molecule has 0 saturated heterocycles. The summed E-state index contributed by atoms with van der Waals surface area (Å²) < 4.78 is 12.6. The fourth-order valence-electron chi connectivity index (χ4n) is 2.67. The van der Waals surface area contributed by atoms with Gasteiger partial charge in [-0.1, -0.05) is 6.07 Å². The minimum Gasteiger partial charge on any atom is -0.497 e. The van der Waals surface area contributed by atoms with Crippen LogP contribution in [0.15, 0.2) is 60.2 Å². The van der Waals surface area contributed by atoms with E-state index in [0.717, 1.165) is 4.88 Å². The first kappa shape index (κ1) is 17.1. The average molecular weight is 356 g/mol. The summed E-state index contributed by atoms with van der Waals surface area (Å²) in [6.07, 6.45) is 4.29. The van der Waals surface area contributed by atoms with Gasteiger partial charge in [0, 0.05) is 23.3 Å². The second kappa shape index (κ2) is 7.90. The highest BCUT2D eigenvalue weighted by Gasteiger charge is 2.19. The molecular weight excluding hydrogens is 336 g/mol. The molecule has 1 N–H and O–H groups in total. The zero-order valence-electron chi connectivity index (χ0n) is 14.1. The standard InChI is InChI=1S/C19H20N2O3S/c1-23-14-7-8-15(17(12-14)24-2)20-19(22)13-16(18-6-5-11-25-18)21-9-3-4-10-21/h3-12,16H,13H2,1-2H3,(H,20,22)/t16-/m0/s1. The van der Waals surface area contributed by atoms with Gasteiger partial charge in [-0.3, -0.25) is 4.79 Å². The maximum atomic E-state index is 12.6.